The highest BCUT2D eigenvalue weighted by molar-refractivity contribution is 5.65. The van der Waals surface area contributed by atoms with Crippen LogP contribution in [-0.4, -0.2) is 12.6 Å². The molecule has 2 heteroatoms. The Bertz CT molecular complexity index is 274. The van der Waals surface area contributed by atoms with Crippen LogP contribution in [0, 0.1) is 29.6 Å². The lowest BCUT2D eigenvalue weighted by Crippen LogP contribution is -2.25. The number of carbonyl (C=O) groups is 1. The SMILES string of the molecule is CC(=O)OC[C@H]1CC[C@@H]2[C@@H]3CC[C@@H](C3)[C@H]12. The van der Waals surface area contributed by atoms with Crippen molar-refractivity contribution in [2.75, 3.05) is 6.61 Å². The van der Waals surface area contributed by atoms with Gasteiger partial charge in [0.05, 0.1) is 6.61 Å². The lowest BCUT2D eigenvalue weighted by Gasteiger charge is -2.28. The predicted octanol–water partition coefficient (Wildman–Crippen LogP) is 2.62. The molecule has 0 aromatic carbocycles. The van der Waals surface area contributed by atoms with Gasteiger partial charge in [0.1, 0.15) is 0 Å². The Kier molecular flexibility index (Phi) is 2.26. The number of esters is 1. The molecule has 5 atom stereocenters. The minimum Gasteiger partial charge on any atom is -0.466 e. The van der Waals surface area contributed by atoms with Crippen molar-refractivity contribution in [2.24, 2.45) is 29.6 Å². The minimum absolute atomic E-state index is 0.110. The van der Waals surface area contributed by atoms with Crippen LogP contribution in [0.4, 0.5) is 0 Å². The number of fused-ring (bicyclic) bond motifs is 5. The van der Waals surface area contributed by atoms with Crippen molar-refractivity contribution in [1.29, 1.82) is 0 Å². The summed E-state index contributed by atoms with van der Waals surface area (Å²) in [6, 6.07) is 0. The van der Waals surface area contributed by atoms with E-state index >= 15 is 0 Å². The molecule has 2 bridgehead atoms. The fourth-order valence-electron chi connectivity index (χ4n) is 4.64. The third-order valence-corrected chi connectivity index (χ3v) is 5.07. The molecule has 2 nitrogen and oxygen atoms in total. The Morgan fingerprint density at radius 2 is 2.00 bits per heavy atom. The average molecular weight is 208 g/mol. The molecule has 0 aliphatic heterocycles. The summed E-state index contributed by atoms with van der Waals surface area (Å²) < 4.78 is 5.20. The van der Waals surface area contributed by atoms with Gasteiger partial charge < -0.3 is 4.74 Å². The monoisotopic (exact) mass is 208 g/mol. The molecular weight excluding hydrogens is 188 g/mol. The highest BCUT2D eigenvalue weighted by Gasteiger charge is 2.53. The summed E-state index contributed by atoms with van der Waals surface area (Å²) in [4.78, 5) is 10.8. The number of carbonyl (C=O) groups excluding carboxylic acids is 1. The van der Waals surface area contributed by atoms with Crippen LogP contribution in [0.5, 0.6) is 0 Å². The Hall–Kier alpha value is -0.530. The van der Waals surface area contributed by atoms with Crippen LogP contribution < -0.4 is 0 Å². The summed E-state index contributed by atoms with van der Waals surface area (Å²) in [5.74, 6) is 4.48. The molecule has 0 spiro atoms. The highest BCUT2D eigenvalue weighted by atomic mass is 16.5. The molecule has 3 aliphatic carbocycles. The van der Waals surface area contributed by atoms with Gasteiger partial charge in [0, 0.05) is 6.92 Å². The van der Waals surface area contributed by atoms with Gasteiger partial charge in [-0.1, -0.05) is 0 Å². The van der Waals surface area contributed by atoms with Crippen molar-refractivity contribution >= 4 is 5.97 Å². The quantitative estimate of drug-likeness (QED) is 0.652. The number of rotatable bonds is 2. The molecule has 0 unspecified atom stereocenters. The zero-order valence-corrected chi connectivity index (χ0v) is 9.45. The molecule has 84 valence electrons. The van der Waals surface area contributed by atoms with E-state index in [9.17, 15) is 4.79 Å². The van der Waals surface area contributed by atoms with Crippen LogP contribution >= 0.6 is 0 Å². The van der Waals surface area contributed by atoms with E-state index < -0.39 is 0 Å². The summed E-state index contributed by atoms with van der Waals surface area (Å²) in [5, 5.41) is 0. The van der Waals surface area contributed by atoms with E-state index in [0.717, 1.165) is 23.7 Å². The Balaban J connectivity index is 1.65. The van der Waals surface area contributed by atoms with Gasteiger partial charge in [-0.15, -0.1) is 0 Å². The van der Waals surface area contributed by atoms with Gasteiger partial charge >= 0.3 is 5.97 Å². The molecule has 0 aromatic rings. The van der Waals surface area contributed by atoms with Gasteiger partial charge in [0.15, 0.2) is 0 Å². The maximum atomic E-state index is 10.8. The molecule has 3 rings (SSSR count). The van der Waals surface area contributed by atoms with Gasteiger partial charge in [0.25, 0.3) is 0 Å². The summed E-state index contributed by atoms with van der Waals surface area (Å²) in [6.45, 7) is 2.22. The van der Waals surface area contributed by atoms with Crippen LogP contribution in [0.3, 0.4) is 0 Å². The normalized spacial score (nSPS) is 46.9. The molecule has 3 aliphatic rings. The lowest BCUT2D eigenvalue weighted by atomic mass is 9.78. The van der Waals surface area contributed by atoms with Crippen LogP contribution in [0.1, 0.15) is 39.0 Å². The van der Waals surface area contributed by atoms with Gasteiger partial charge in [-0.25, -0.2) is 0 Å². The first-order valence-electron chi connectivity index (χ1n) is 6.39. The average Bonchev–Trinajstić information content (AvgIpc) is 2.87. The summed E-state index contributed by atoms with van der Waals surface area (Å²) in [6.07, 6.45) is 7.10. The molecule has 0 radical (unpaired) electrons. The number of hydrogen-bond donors (Lipinski definition) is 0. The van der Waals surface area contributed by atoms with E-state index in [-0.39, 0.29) is 5.97 Å². The van der Waals surface area contributed by atoms with E-state index in [2.05, 4.69) is 0 Å². The predicted molar refractivity (Wildman–Crippen MR) is 57.2 cm³/mol. The standard InChI is InChI=1S/C13H20O2/c1-8(14)15-7-11-4-5-12-9-2-3-10(6-9)13(11)12/h9-13H,2-7H2,1H3/t9-,10+,11-,12-,13-/m1/s1. The first kappa shape index (κ1) is 9.68. The molecule has 0 aromatic heterocycles. The van der Waals surface area contributed by atoms with Crippen molar-refractivity contribution in [2.45, 2.75) is 39.0 Å². The second-order valence-electron chi connectivity index (χ2n) is 5.71. The van der Waals surface area contributed by atoms with Crippen molar-refractivity contribution in [1.82, 2.24) is 0 Å². The summed E-state index contributed by atoms with van der Waals surface area (Å²) >= 11 is 0. The van der Waals surface area contributed by atoms with E-state index in [1.54, 1.807) is 0 Å². The van der Waals surface area contributed by atoms with Gasteiger partial charge in [-0.3, -0.25) is 4.79 Å². The molecule has 0 heterocycles. The largest absolute Gasteiger partial charge is 0.466 e. The van der Waals surface area contributed by atoms with Crippen LogP contribution in [0.25, 0.3) is 0 Å². The van der Waals surface area contributed by atoms with Crippen molar-refractivity contribution in [3.63, 3.8) is 0 Å². The van der Waals surface area contributed by atoms with E-state index in [4.69, 9.17) is 4.74 Å². The van der Waals surface area contributed by atoms with Crippen molar-refractivity contribution in [3.8, 4) is 0 Å². The zero-order chi connectivity index (χ0) is 10.4. The maximum absolute atomic E-state index is 10.8. The summed E-state index contributed by atoms with van der Waals surface area (Å²) in [5.41, 5.74) is 0. The van der Waals surface area contributed by atoms with E-state index in [0.29, 0.717) is 12.5 Å². The Morgan fingerprint density at radius 1 is 1.20 bits per heavy atom. The lowest BCUT2D eigenvalue weighted by molar-refractivity contribution is -0.142. The molecule has 0 saturated heterocycles. The van der Waals surface area contributed by atoms with Crippen LogP contribution in [0.2, 0.25) is 0 Å². The third kappa shape index (κ3) is 1.49. The third-order valence-electron chi connectivity index (χ3n) is 5.07. The first-order chi connectivity index (χ1) is 7.25. The van der Waals surface area contributed by atoms with Gasteiger partial charge in [-0.2, -0.15) is 0 Å². The molecule has 15 heavy (non-hydrogen) atoms. The van der Waals surface area contributed by atoms with E-state index in [1.165, 1.54) is 39.0 Å². The second-order valence-corrected chi connectivity index (χ2v) is 5.71. The van der Waals surface area contributed by atoms with Crippen LogP contribution in [0.15, 0.2) is 0 Å². The fraction of sp³-hybridized carbons (Fsp3) is 0.923. The molecule has 3 saturated carbocycles. The topological polar surface area (TPSA) is 26.3 Å². The second kappa shape index (κ2) is 3.50. The van der Waals surface area contributed by atoms with Gasteiger partial charge in [0.2, 0.25) is 0 Å². The van der Waals surface area contributed by atoms with E-state index in [1.807, 2.05) is 0 Å². The van der Waals surface area contributed by atoms with Crippen molar-refractivity contribution in [3.05, 3.63) is 0 Å². The zero-order valence-electron chi connectivity index (χ0n) is 9.45. The molecular formula is C13H20O2. The molecule has 0 N–H and O–H groups in total. The van der Waals surface area contributed by atoms with Crippen molar-refractivity contribution < 1.29 is 9.53 Å². The minimum atomic E-state index is -0.110. The first-order valence-corrected chi connectivity index (χ1v) is 6.39. The number of ether oxygens (including phenoxy) is 1. The summed E-state index contributed by atoms with van der Waals surface area (Å²) in [7, 11) is 0. The Morgan fingerprint density at radius 3 is 2.80 bits per heavy atom. The highest BCUT2D eigenvalue weighted by Crippen LogP contribution is 2.60. The Labute approximate surface area is 91.4 Å². The maximum Gasteiger partial charge on any atom is 0.302 e. The fourth-order valence-corrected chi connectivity index (χ4v) is 4.64. The molecule has 3 fully saturated rings. The smallest absolute Gasteiger partial charge is 0.302 e. The number of hydrogen-bond acceptors (Lipinski definition) is 2. The van der Waals surface area contributed by atoms with Gasteiger partial charge in [-0.05, 0) is 61.7 Å². The van der Waals surface area contributed by atoms with Crippen LogP contribution in [-0.2, 0) is 9.53 Å². The molecule has 0 amide bonds.